The van der Waals surface area contributed by atoms with Gasteiger partial charge in [0, 0.05) is 4.47 Å². The molecule has 0 spiro atoms. The summed E-state index contributed by atoms with van der Waals surface area (Å²) in [6.07, 6.45) is 0.810. The maximum Gasteiger partial charge on any atom is 0.0596 e. The van der Waals surface area contributed by atoms with Crippen LogP contribution in [0.2, 0.25) is 5.02 Å². The van der Waals surface area contributed by atoms with Crippen molar-refractivity contribution in [3.63, 3.8) is 0 Å². The summed E-state index contributed by atoms with van der Waals surface area (Å²) in [4.78, 5) is 0. The highest BCUT2D eigenvalue weighted by molar-refractivity contribution is 9.10. The normalized spacial score (nSPS) is 12.5. The summed E-state index contributed by atoms with van der Waals surface area (Å²) in [5.74, 6) is 5.78. The lowest BCUT2D eigenvalue weighted by molar-refractivity contribution is 0.549. The van der Waals surface area contributed by atoms with Crippen molar-refractivity contribution in [2.24, 2.45) is 5.84 Å². The van der Waals surface area contributed by atoms with Crippen molar-refractivity contribution < 1.29 is 0 Å². The summed E-state index contributed by atoms with van der Waals surface area (Å²) in [5, 5.41) is 0.711. The molecule has 0 heterocycles. The highest BCUT2D eigenvalue weighted by atomic mass is 79.9. The fourth-order valence-corrected chi connectivity index (χ4v) is 3.42. The molecule has 2 rings (SSSR count). The molecule has 0 aliphatic rings. The zero-order valence-electron chi connectivity index (χ0n) is 12.5. The van der Waals surface area contributed by atoms with Crippen LogP contribution in [0, 0.1) is 20.8 Å². The molecule has 1 atom stereocenters. The smallest absolute Gasteiger partial charge is 0.0596 e. The van der Waals surface area contributed by atoms with E-state index in [2.05, 4.69) is 54.3 Å². The van der Waals surface area contributed by atoms with Crippen LogP contribution in [0.1, 0.15) is 33.9 Å². The summed E-state index contributed by atoms with van der Waals surface area (Å²) in [5.41, 5.74) is 9.09. The molecule has 0 aliphatic heterocycles. The van der Waals surface area contributed by atoms with Crippen molar-refractivity contribution in [2.75, 3.05) is 0 Å². The molecule has 2 aromatic carbocycles. The molecule has 0 bridgehead atoms. The molecule has 0 aliphatic carbocycles. The Hall–Kier alpha value is -0.870. The number of aryl methyl sites for hydroxylation is 3. The third-order valence-corrected chi connectivity index (χ3v) is 5.12. The van der Waals surface area contributed by atoms with E-state index in [1.54, 1.807) is 0 Å². The standard InChI is InChI=1S/C17H20BrClN2/c1-10-7-11(2)14(12(3)8-10)9-16(21-20)13-5-4-6-15(18)17(13)19/h4-8,16,21H,9,20H2,1-3H3. The molecule has 2 aromatic rings. The second-order valence-corrected chi connectivity index (χ2v) is 6.68. The maximum atomic E-state index is 6.40. The molecule has 21 heavy (non-hydrogen) atoms. The van der Waals surface area contributed by atoms with Gasteiger partial charge in [0.25, 0.3) is 0 Å². The third kappa shape index (κ3) is 3.67. The fourth-order valence-electron chi connectivity index (χ4n) is 2.78. The summed E-state index contributed by atoms with van der Waals surface area (Å²) in [6, 6.07) is 10.3. The van der Waals surface area contributed by atoms with E-state index in [1.807, 2.05) is 18.2 Å². The van der Waals surface area contributed by atoms with E-state index in [4.69, 9.17) is 17.4 Å². The van der Waals surface area contributed by atoms with Crippen molar-refractivity contribution in [3.8, 4) is 0 Å². The van der Waals surface area contributed by atoms with Crippen LogP contribution in [0.3, 0.4) is 0 Å². The Bertz CT molecular complexity index is 632. The Labute approximate surface area is 139 Å². The van der Waals surface area contributed by atoms with Crippen LogP contribution in [0.5, 0.6) is 0 Å². The van der Waals surface area contributed by atoms with Crippen LogP contribution >= 0.6 is 27.5 Å². The van der Waals surface area contributed by atoms with Gasteiger partial charge in [-0.3, -0.25) is 11.3 Å². The number of halogens is 2. The molecule has 0 fully saturated rings. The predicted octanol–water partition coefficient (Wildman–Crippen LogP) is 4.77. The first-order chi connectivity index (χ1) is 9.93. The zero-order valence-corrected chi connectivity index (χ0v) is 14.8. The topological polar surface area (TPSA) is 38.0 Å². The molecule has 0 saturated heterocycles. The van der Waals surface area contributed by atoms with Gasteiger partial charge in [-0.15, -0.1) is 0 Å². The number of nitrogens with one attached hydrogen (secondary N) is 1. The minimum Gasteiger partial charge on any atom is -0.271 e. The summed E-state index contributed by atoms with van der Waals surface area (Å²) in [6.45, 7) is 6.41. The first-order valence-electron chi connectivity index (χ1n) is 6.90. The first kappa shape index (κ1) is 16.5. The molecule has 2 nitrogen and oxygen atoms in total. The maximum absolute atomic E-state index is 6.40. The van der Waals surface area contributed by atoms with Gasteiger partial charge in [0.1, 0.15) is 0 Å². The molecule has 1 unspecified atom stereocenters. The number of rotatable bonds is 4. The van der Waals surface area contributed by atoms with E-state index in [0.29, 0.717) is 5.02 Å². The van der Waals surface area contributed by atoms with Crippen LogP contribution in [0.15, 0.2) is 34.8 Å². The molecule has 0 radical (unpaired) electrons. The van der Waals surface area contributed by atoms with Crippen LogP contribution < -0.4 is 11.3 Å². The third-order valence-electron chi connectivity index (χ3n) is 3.81. The quantitative estimate of drug-likeness (QED) is 0.603. The van der Waals surface area contributed by atoms with Gasteiger partial charge in [-0.2, -0.15) is 0 Å². The minimum atomic E-state index is -0.0184. The summed E-state index contributed by atoms with van der Waals surface area (Å²) in [7, 11) is 0. The number of nitrogens with two attached hydrogens (primary N) is 1. The van der Waals surface area contributed by atoms with E-state index >= 15 is 0 Å². The van der Waals surface area contributed by atoms with E-state index in [0.717, 1.165) is 16.5 Å². The van der Waals surface area contributed by atoms with Crippen LogP contribution in [0.4, 0.5) is 0 Å². The molecule has 0 aromatic heterocycles. The highest BCUT2D eigenvalue weighted by Crippen LogP contribution is 2.32. The van der Waals surface area contributed by atoms with E-state index < -0.39 is 0 Å². The van der Waals surface area contributed by atoms with Gasteiger partial charge in [-0.05, 0) is 71.4 Å². The second kappa shape index (κ2) is 6.93. The Morgan fingerprint density at radius 1 is 1.19 bits per heavy atom. The molecule has 112 valence electrons. The van der Waals surface area contributed by atoms with Gasteiger partial charge >= 0.3 is 0 Å². The Morgan fingerprint density at radius 2 is 1.81 bits per heavy atom. The van der Waals surface area contributed by atoms with Crippen molar-refractivity contribution >= 4 is 27.5 Å². The average Bonchev–Trinajstić information content (AvgIpc) is 2.42. The molecule has 0 amide bonds. The first-order valence-corrected chi connectivity index (χ1v) is 8.08. The van der Waals surface area contributed by atoms with Crippen molar-refractivity contribution in [1.29, 1.82) is 0 Å². The van der Waals surface area contributed by atoms with E-state index in [9.17, 15) is 0 Å². The fraction of sp³-hybridized carbons (Fsp3) is 0.294. The van der Waals surface area contributed by atoms with Gasteiger partial charge in [0.15, 0.2) is 0 Å². The van der Waals surface area contributed by atoms with Crippen LogP contribution in [-0.4, -0.2) is 0 Å². The lowest BCUT2D eigenvalue weighted by atomic mass is 9.92. The molecule has 4 heteroatoms. The van der Waals surface area contributed by atoms with Crippen LogP contribution in [-0.2, 0) is 6.42 Å². The zero-order chi connectivity index (χ0) is 15.6. The number of benzene rings is 2. The van der Waals surface area contributed by atoms with Crippen molar-refractivity contribution in [2.45, 2.75) is 33.2 Å². The SMILES string of the molecule is Cc1cc(C)c(CC(NN)c2cccc(Br)c2Cl)c(C)c1. The number of hydrogen-bond acceptors (Lipinski definition) is 2. The van der Waals surface area contributed by atoms with Gasteiger partial charge < -0.3 is 0 Å². The van der Waals surface area contributed by atoms with E-state index in [-0.39, 0.29) is 6.04 Å². The minimum absolute atomic E-state index is 0.0184. The van der Waals surface area contributed by atoms with E-state index in [1.165, 1.54) is 22.3 Å². The highest BCUT2D eigenvalue weighted by Gasteiger charge is 2.17. The van der Waals surface area contributed by atoms with Crippen LogP contribution in [0.25, 0.3) is 0 Å². The van der Waals surface area contributed by atoms with Gasteiger partial charge in [-0.1, -0.05) is 41.4 Å². The molecular weight excluding hydrogens is 348 g/mol. The number of hydrazine groups is 1. The second-order valence-electron chi connectivity index (χ2n) is 5.44. The van der Waals surface area contributed by atoms with Crippen molar-refractivity contribution in [1.82, 2.24) is 5.43 Å². The molecule has 3 N–H and O–H groups in total. The number of hydrogen-bond donors (Lipinski definition) is 2. The Kier molecular flexibility index (Phi) is 5.44. The lowest BCUT2D eigenvalue weighted by Crippen LogP contribution is -2.30. The Morgan fingerprint density at radius 3 is 2.38 bits per heavy atom. The monoisotopic (exact) mass is 366 g/mol. The van der Waals surface area contributed by atoms with Crippen molar-refractivity contribution in [3.05, 3.63) is 67.6 Å². The Balaban J connectivity index is 2.38. The summed E-state index contributed by atoms with van der Waals surface area (Å²) < 4.78 is 0.888. The largest absolute Gasteiger partial charge is 0.271 e. The van der Waals surface area contributed by atoms with Gasteiger partial charge in [0.05, 0.1) is 11.1 Å². The molecule has 0 saturated carbocycles. The van der Waals surface area contributed by atoms with Gasteiger partial charge in [-0.25, -0.2) is 0 Å². The van der Waals surface area contributed by atoms with Gasteiger partial charge in [0.2, 0.25) is 0 Å². The lowest BCUT2D eigenvalue weighted by Gasteiger charge is -2.21. The average molecular weight is 368 g/mol. The molecular formula is C17H20BrClN2. The summed E-state index contributed by atoms with van der Waals surface area (Å²) >= 11 is 9.86. The predicted molar refractivity (Wildman–Crippen MR) is 93.6 cm³/mol.